The standard InChI is InChI=1S/C10H8F4O2/c1-6(15)7-2-4-8(5-3-7)16-10(13,14)9(11)12/h2-5,9H,1H3. The maximum Gasteiger partial charge on any atom is 0.461 e. The molecule has 1 aromatic carbocycles. The Labute approximate surface area is 88.8 Å². The molecule has 0 aliphatic carbocycles. The largest absolute Gasteiger partial charge is 0.461 e. The summed E-state index contributed by atoms with van der Waals surface area (Å²) in [6.45, 7) is 1.30. The summed E-state index contributed by atoms with van der Waals surface area (Å²) in [4.78, 5) is 10.8. The van der Waals surface area contributed by atoms with E-state index in [0.717, 1.165) is 12.1 Å². The van der Waals surface area contributed by atoms with Gasteiger partial charge in [0.1, 0.15) is 5.75 Å². The summed E-state index contributed by atoms with van der Waals surface area (Å²) in [6, 6.07) is 4.51. The van der Waals surface area contributed by atoms with Crippen molar-refractivity contribution in [2.75, 3.05) is 0 Å². The second kappa shape index (κ2) is 4.51. The van der Waals surface area contributed by atoms with Crippen molar-refractivity contribution in [1.29, 1.82) is 0 Å². The van der Waals surface area contributed by atoms with Crippen LogP contribution >= 0.6 is 0 Å². The molecule has 16 heavy (non-hydrogen) atoms. The first-order valence-corrected chi connectivity index (χ1v) is 4.29. The first-order valence-electron chi connectivity index (χ1n) is 4.29. The van der Waals surface area contributed by atoms with Crippen molar-refractivity contribution >= 4 is 5.78 Å². The number of carbonyl (C=O) groups is 1. The van der Waals surface area contributed by atoms with Crippen LogP contribution in [0.4, 0.5) is 17.6 Å². The zero-order chi connectivity index (χ0) is 12.3. The van der Waals surface area contributed by atoms with Gasteiger partial charge in [0, 0.05) is 5.56 Å². The lowest BCUT2D eigenvalue weighted by Crippen LogP contribution is -2.33. The molecule has 0 radical (unpaired) electrons. The number of Topliss-reactive ketones (excluding diaryl/α,β-unsaturated/α-hetero) is 1. The number of hydrogen-bond donors (Lipinski definition) is 0. The highest BCUT2D eigenvalue weighted by atomic mass is 19.3. The molecule has 88 valence electrons. The van der Waals surface area contributed by atoms with Gasteiger partial charge in [-0.25, -0.2) is 0 Å². The number of hydrogen-bond acceptors (Lipinski definition) is 2. The predicted molar refractivity (Wildman–Crippen MR) is 48.0 cm³/mol. The van der Waals surface area contributed by atoms with E-state index >= 15 is 0 Å². The summed E-state index contributed by atoms with van der Waals surface area (Å²) in [6.07, 6.45) is -8.43. The fourth-order valence-electron chi connectivity index (χ4n) is 0.959. The van der Waals surface area contributed by atoms with Crippen LogP contribution in [0.1, 0.15) is 17.3 Å². The van der Waals surface area contributed by atoms with E-state index in [9.17, 15) is 22.4 Å². The van der Waals surface area contributed by atoms with Crippen LogP contribution in [-0.4, -0.2) is 18.3 Å². The zero-order valence-electron chi connectivity index (χ0n) is 8.22. The molecule has 0 aromatic heterocycles. The van der Waals surface area contributed by atoms with Gasteiger partial charge in [-0.05, 0) is 31.2 Å². The predicted octanol–water partition coefficient (Wildman–Crippen LogP) is 3.13. The second-order valence-electron chi connectivity index (χ2n) is 3.05. The molecule has 0 fully saturated rings. The molecule has 0 aliphatic rings. The van der Waals surface area contributed by atoms with Gasteiger partial charge >= 0.3 is 12.5 Å². The van der Waals surface area contributed by atoms with E-state index in [1.54, 1.807) is 0 Å². The molecule has 2 nitrogen and oxygen atoms in total. The third-order valence-corrected chi connectivity index (χ3v) is 1.77. The number of halogens is 4. The lowest BCUT2D eigenvalue weighted by molar-refractivity contribution is -0.253. The molecule has 1 rings (SSSR count). The number of alkyl halides is 4. The van der Waals surface area contributed by atoms with Gasteiger partial charge in [-0.1, -0.05) is 0 Å². The van der Waals surface area contributed by atoms with Crippen molar-refractivity contribution < 1.29 is 27.1 Å². The molecule has 0 bridgehead atoms. The Morgan fingerprint density at radius 1 is 1.25 bits per heavy atom. The van der Waals surface area contributed by atoms with E-state index in [2.05, 4.69) is 4.74 Å². The number of ketones is 1. The zero-order valence-corrected chi connectivity index (χ0v) is 8.22. The maximum atomic E-state index is 12.5. The van der Waals surface area contributed by atoms with Gasteiger partial charge in [0.05, 0.1) is 0 Å². The molecule has 0 aliphatic heterocycles. The molecule has 0 saturated carbocycles. The van der Waals surface area contributed by atoms with Crippen molar-refractivity contribution in [1.82, 2.24) is 0 Å². The SMILES string of the molecule is CC(=O)c1ccc(OC(F)(F)C(F)F)cc1. The second-order valence-corrected chi connectivity index (χ2v) is 3.05. The Morgan fingerprint density at radius 2 is 1.75 bits per heavy atom. The van der Waals surface area contributed by atoms with Gasteiger partial charge in [-0.15, -0.1) is 0 Å². The van der Waals surface area contributed by atoms with E-state index in [1.807, 2.05) is 0 Å². The highest BCUT2D eigenvalue weighted by Gasteiger charge is 2.43. The van der Waals surface area contributed by atoms with Crippen molar-refractivity contribution in [2.24, 2.45) is 0 Å². The minimum atomic E-state index is -4.53. The van der Waals surface area contributed by atoms with Crippen LogP contribution in [0.15, 0.2) is 24.3 Å². The molecule has 0 saturated heterocycles. The average molecular weight is 236 g/mol. The van der Waals surface area contributed by atoms with Gasteiger partial charge in [0.2, 0.25) is 0 Å². The Hall–Kier alpha value is -1.59. The molecule has 1 aromatic rings. The number of carbonyl (C=O) groups excluding carboxylic acids is 1. The quantitative estimate of drug-likeness (QED) is 0.593. The topological polar surface area (TPSA) is 26.3 Å². The van der Waals surface area contributed by atoms with E-state index in [0.29, 0.717) is 0 Å². The molecule has 0 atom stereocenters. The minimum absolute atomic E-state index is 0.257. The molecule has 0 unspecified atom stereocenters. The average Bonchev–Trinajstić information content (AvgIpc) is 2.17. The summed E-state index contributed by atoms with van der Waals surface area (Å²) in [7, 11) is 0. The monoisotopic (exact) mass is 236 g/mol. The summed E-state index contributed by atoms with van der Waals surface area (Å²) in [5.41, 5.74) is 0.285. The third-order valence-electron chi connectivity index (χ3n) is 1.77. The van der Waals surface area contributed by atoms with Crippen molar-refractivity contribution in [2.45, 2.75) is 19.5 Å². The van der Waals surface area contributed by atoms with Crippen LogP contribution in [0.5, 0.6) is 5.75 Å². The third kappa shape index (κ3) is 2.95. The minimum Gasteiger partial charge on any atom is -0.428 e. The lowest BCUT2D eigenvalue weighted by Gasteiger charge is -2.16. The van der Waals surface area contributed by atoms with Crippen molar-refractivity contribution in [3.8, 4) is 5.75 Å². The Bertz CT molecular complexity index is 373. The van der Waals surface area contributed by atoms with E-state index in [4.69, 9.17) is 0 Å². The fraction of sp³-hybridized carbons (Fsp3) is 0.300. The molecule has 0 heterocycles. The summed E-state index contributed by atoms with van der Waals surface area (Å²) < 4.78 is 52.3. The van der Waals surface area contributed by atoms with Crippen LogP contribution in [0.3, 0.4) is 0 Å². The Kier molecular flexibility index (Phi) is 3.51. The Balaban J connectivity index is 2.80. The Morgan fingerprint density at radius 3 is 2.12 bits per heavy atom. The number of rotatable bonds is 4. The van der Waals surface area contributed by atoms with Gasteiger partial charge in [-0.2, -0.15) is 17.6 Å². The van der Waals surface area contributed by atoms with Crippen LogP contribution in [0.2, 0.25) is 0 Å². The number of ether oxygens (including phenoxy) is 1. The smallest absolute Gasteiger partial charge is 0.428 e. The van der Waals surface area contributed by atoms with Crippen LogP contribution in [0.25, 0.3) is 0 Å². The van der Waals surface area contributed by atoms with Gasteiger partial charge in [0.15, 0.2) is 5.78 Å². The van der Waals surface area contributed by atoms with Gasteiger partial charge in [0.25, 0.3) is 0 Å². The van der Waals surface area contributed by atoms with E-state index in [-0.39, 0.29) is 11.3 Å². The van der Waals surface area contributed by atoms with Crippen LogP contribution in [0, 0.1) is 0 Å². The normalized spacial score (nSPS) is 11.6. The van der Waals surface area contributed by atoms with E-state index in [1.165, 1.54) is 19.1 Å². The molecular weight excluding hydrogens is 228 g/mol. The molecule has 0 amide bonds. The maximum absolute atomic E-state index is 12.5. The molecule has 0 N–H and O–H groups in total. The van der Waals surface area contributed by atoms with Gasteiger partial charge < -0.3 is 4.74 Å². The summed E-state index contributed by atoms with van der Waals surface area (Å²) in [5, 5.41) is 0. The van der Waals surface area contributed by atoms with Crippen molar-refractivity contribution in [3.05, 3.63) is 29.8 Å². The molecule has 6 heteroatoms. The fourth-order valence-corrected chi connectivity index (χ4v) is 0.959. The highest BCUT2D eigenvalue weighted by molar-refractivity contribution is 5.94. The van der Waals surface area contributed by atoms with Crippen LogP contribution < -0.4 is 4.74 Å². The molecule has 0 spiro atoms. The highest BCUT2D eigenvalue weighted by Crippen LogP contribution is 2.27. The first kappa shape index (κ1) is 12.5. The first-order chi connectivity index (χ1) is 7.33. The lowest BCUT2D eigenvalue weighted by atomic mass is 10.1. The van der Waals surface area contributed by atoms with Crippen molar-refractivity contribution in [3.63, 3.8) is 0 Å². The summed E-state index contributed by atoms with van der Waals surface area (Å²) in [5.74, 6) is -0.678. The summed E-state index contributed by atoms with van der Waals surface area (Å²) >= 11 is 0. The van der Waals surface area contributed by atoms with Gasteiger partial charge in [-0.3, -0.25) is 4.79 Å². The van der Waals surface area contributed by atoms with Crippen LogP contribution in [-0.2, 0) is 0 Å². The van der Waals surface area contributed by atoms with E-state index < -0.39 is 18.3 Å². The molecular formula is C10H8F4O2. The number of benzene rings is 1.